The molecule has 0 bridgehead atoms. The summed E-state index contributed by atoms with van der Waals surface area (Å²) in [6.07, 6.45) is 2.49. The molecular formula is C10H12FN3O. The minimum absolute atomic E-state index is 0.150. The summed E-state index contributed by atoms with van der Waals surface area (Å²) in [5.74, 6) is -0.625. The van der Waals surface area contributed by atoms with Gasteiger partial charge in [0.05, 0.1) is 11.8 Å². The van der Waals surface area contributed by atoms with E-state index in [1.165, 1.54) is 12.3 Å². The average molecular weight is 209 g/mol. The van der Waals surface area contributed by atoms with Crippen LogP contribution in [-0.4, -0.2) is 42.0 Å². The average Bonchev–Trinajstić information content (AvgIpc) is 2.29. The maximum Gasteiger partial charge on any atom is 0.255 e. The highest BCUT2D eigenvalue weighted by molar-refractivity contribution is 5.93. The van der Waals surface area contributed by atoms with Gasteiger partial charge in [0.1, 0.15) is 5.82 Å². The number of rotatable bonds is 1. The summed E-state index contributed by atoms with van der Waals surface area (Å²) in [7, 11) is 0. The maximum atomic E-state index is 12.8. The zero-order valence-corrected chi connectivity index (χ0v) is 8.24. The Morgan fingerprint density at radius 3 is 2.80 bits per heavy atom. The Balaban J connectivity index is 2.12. The van der Waals surface area contributed by atoms with Crippen LogP contribution < -0.4 is 5.32 Å². The predicted octanol–water partition coefficient (Wildman–Crippen LogP) is 0.266. The quantitative estimate of drug-likeness (QED) is 0.722. The van der Waals surface area contributed by atoms with Gasteiger partial charge in [-0.3, -0.25) is 9.78 Å². The highest BCUT2D eigenvalue weighted by Crippen LogP contribution is 2.06. The van der Waals surface area contributed by atoms with Gasteiger partial charge in [0.15, 0.2) is 0 Å². The van der Waals surface area contributed by atoms with Crippen LogP contribution in [0.1, 0.15) is 10.4 Å². The minimum Gasteiger partial charge on any atom is -0.336 e. The molecular weight excluding hydrogens is 197 g/mol. The Hall–Kier alpha value is -1.49. The molecule has 80 valence electrons. The van der Waals surface area contributed by atoms with Crippen molar-refractivity contribution < 1.29 is 9.18 Å². The highest BCUT2D eigenvalue weighted by atomic mass is 19.1. The first-order chi connectivity index (χ1) is 7.27. The van der Waals surface area contributed by atoms with E-state index < -0.39 is 5.82 Å². The zero-order valence-electron chi connectivity index (χ0n) is 8.24. The van der Waals surface area contributed by atoms with Crippen molar-refractivity contribution in [3.8, 4) is 0 Å². The first-order valence-electron chi connectivity index (χ1n) is 4.88. The maximum absolute atomic E-state index is 12.8. The number of carbonyl (C=O) groups is 1. The van der Waals surface area contributed by atoms with Gasteiger partial charge in [-0.25, -0.2) is 4.39 Å². The molecule has 0 atom stereocenters. The lowest BCUT2D eigenvalue weighted by Crippen LogP contribution is -2.46. The van der Waals surface area contributed by atoms with E-state index in [-0.39, 0.29) is 5.91 Å². The Morgan fingerprint density at radius 2 is 2.13 bits per heavy atom. The molecule has 2 rings (SSSR count). The van der Waals surface area contributed by atoms with Crippen molar-refractivity contribution in [2.45, 2.75) is 0 Å². The summed E-state index contributed by atoms with van der Waals surface area (Å²) >= 11 is 0. The lowest BCUT2D eigenvalue weighted by molar-refractivity contribution is 0.0735. The monoisotopic (exact) mass is 209 g/mol. The molecule has 15 heavy (non-hydrogen) atoms. The predicted molar refractivity (Wildman–Crippen MR) is 53.0 cm³/mol. The molecule has 0 spiro atoms. The summed E-state index contributed by atoms with van der Waals surface area (Å²) < 4.78 is 12.8. The van der Waals surface area contributed by atoms with E-state index in [2.05, 4.69) is 10.3 Å². The van der Waals surface area contributed by atoms with Crippen LogP contribution in [0.15, 0.2) is 18.5 Å². The third-order valence-electron chi connectivity index (χ3n) is 2.36. The van der Waals surface area contributed by atoms with Gasteiger partial charge in [-0.2, -0.15) is 0 Å². The van der Waals surface area contributed by atoms with Crippen LogP contribution in [0.2, 0.25) is 0 Å². The van der Waals surface area contributed by atoms with Gasteiger partial charge in [-0.05, 0) is 6.07 Å². The Labute approximate surface area is 87.1 Å². The van der Waals surface area contributed by atoms with Crippen LogP contribution >= 0.6 is 0 Å². The first kappa shape index (κ1) is 10.0. The fourth-order valence-corrected chi connectivity index (χ4v) is 1.58. The zero-order chi connectivity index (χ0) is 10.7. The third-order valence-corrected chi connectivity index (χ3v) is 2.36. The van der Waals surface area contributed by atoms with Crippen molar-refractivity contribution >= 4 is 5.91 Å². The van der Waals surface area contributed by atoms with E-state index in [0.29, 0.717) is 18.7 Å². The van der Waals surface area contributed by atoms with Gasteiger partial charge in [-0.1, -0.05) is 0 Å². The molecule has 1 aliphatic rings. The smallest absolute Gasteiger partial charge is 0.255 e. The van der Waals surface area contributed by atoms with Gasteiger partial charge < -0.3 is 10.2 Å². The fourth-order valence-electron chi connectivity index (χ4n) is 1.58. The molecule has 0 unspecified atom stereocenters. The second kappa shape index (κ2) is 4.35. The molecule has 2 heterocycles. The lowest BCUT2D eigenvalue weighted by atomic mass is 10.2. The second-order valence-corrected chi connectivity index (χ2v) is 3.43. The molecule has 1 N–H and O–H groups in total. The van der Waals surface area contributed by atoms with Gasteiger partial charge >= 0.3 is 0 Å². The molecule has 0 radical (unpaired) electrons. The molecule has 0 aliphatic carbocycles. The van der Waals surface area contributed by atoms with E-state index >= 15 is 0 Å². The number of nitrogens with zero attached hydrogens (tertiary/aromatic N) is 2. The van der Waals surface area contributed by atoms with E-state index in [1.54, 1.807) is 4.90 Å². The molecule has 1 aromatic rings. The van der Waals surface area contributed by atoms with E-state index in [0.717, 1.165) is 19.3 Å². The summed E-state index contributed by atoms with van der Waals surface area (Å²) in [6.45, 7) is 2.90. The summed E-state index contributed by atoms with van der Waals surface area (Å²) in [5.41, 5.74) is 0.317. The summed E-state index contributed by atoms with van der Waals surface area (Å²) in [5, 5.41) is 3.15. The van der Waals surface area contributed by atoms with Gasteiger partial charge in [0, 0.05) is 32.4 Å². The Morgan fingerprint density at radius 1 is 1.40 bits per heavy atom. The van der Waals surface area contributed by atoms with Crippen LogP contribution in [0.5, 0.6) is 0 Å². The third kappa shape index (κ3) is 2.30. The first-order valence-corrected chi connectivity index (χ1v) is 4.88. The molecule has 1 aliphatic heterocycles. The molecule has 0 saturated carbocycles. The lowest BCUT2D eigenvalue weighted by Gasteiger charge is -2.27. The van der Waals surface area contributed by atoms with Crippen LogP contribution in [0.25, 0.3) is 0 Å². The van der Waals surface area contributed by atoms with Crippen LogP contribution in [0, 0.1) is 5.82 Å². The topological polar surface area (TPSA) is 45.2 Å². The molecule has 4 nitrogen and oxygen atoms in total. The largest absolute Gasteiger partial charge is 0.336 e. The van der Waals surface area contributed by atoms with E-state index in [1.807, 2.05) is 0 Å². The van der Waals surface area contributed by atoms with Crippen LogP contribution in [0.3, 0.4) is 0 Å². The van der Waals surface area contributed by atoms with Crippen LogP contribution in [-0.2, 0) is 0 Å². The molecule has 1 fully saturated rings. The molecule has 5 heteroatoms. The standard InChI is InChI=1S/C10H12FN3O/c11-9-5-8(6-13-7-9)10(15)14-3-1-12-2-4-14/h5-7,12H,1-4H2. The normalized spacial score (nSPS) is 16.5. The molecule has 0 aromatic carbocycles. The summed E-state index contributed by atoms with van der Waals surface area (Å²) in [6, 6.07) is 1.22. The summed E-state index contributed by atoms with van der Waals surface area (Å²) in [4.78, 5) is 17.2. The van der Waals surface area contributed by atoms with Gasteiger partial charge in [0.25, 0.3) is 5.91 Å². The SMILES string of the molecule is O=C(c1cncc(F)c1)N1CCNCC1. The number of amides is 1. The highest BCUT2D eigenvalue weighted by Gasteiger charge is 2.18. The van der Waals surface area contributed by atoms with Crippen LogP contribution in [0.4, 0.5) is 4.39 Å². The number of hydrogen-bond acceptors (Lipinski definition) is 3. The Kier molecular flexibility index (Phi) is 2.91. The number of pyridine rings is 1. The van der Waals surface area contributed by atoms with E-state index in [4.69, 9.17) is 0 Å². The van der Waals surface area contributed by atoms with Gasteiger partial charge in [0.2, 0.25) is 0 Å². The fraction of sp³-hybridized carbons (Fsp3) is 0.400. The number of nitrogens with one attached hydrogen (secondary N) is 1. The van der Waals surface area contributed by atoms with Crippen molar-refractivity contribution in [3.63, 3.8) is 0 Å². The van der Waals surface area contributed by atoms with Gasteiger partial charge in [-0.15, -0.1) is 0 Å². The number of hydrogen-bond donors (Lipinski definition) is 1. The number of halogens is 1. The Bertz CT molecular complexity index is 363. The molecule has 1 saturated heterocycles. The minimum atomic E-state index is -0.476. The number of aromatic nitrogens is 1. The van der Waals surface area contributed by atoms with E-state index in [9.17, 15) is 9.18 Å². The number of carbonyl (C=O) groups excluding carboxylic acids is 1. The van der Waals surface area contributed by atoms with Crippen molar-refractivity contribution in [1.82, 2.24) is 15.2 Å². The van der Waals surface area contributed by atoms with Crippen molar-refractivity contribution in [2.24, 2.45) is 0 Å². The molecule has 1 aromatic heterocycles. The van der Waals surface area contributed by atoms with Crippen molar-refractivity contribution in [2.75, 3.05) is 26.2 Å². The van der Waals surface area contributed by atoms with Crippen molar-refractivity contribution in [1.29, 1.82) is 0 Å². The number of piperazine rings is 1. The second-order valence-electron chi connectivity index (χ2n) is 3.43. The molecule has 1 amide bonds. The van der Waals surface area contributed by atoms with Crippen molar-refractivity contribution in [3.05, 3.63) is 29.8 Å².